The van der Waals surface area contributed by atoms with Gasteiger partial charge in [0.05, 0.1) is 16.0 Å². The zero-order chi connectivity index (χ0) is 40.9. The number of H-pyrrole nitrogens is 1. The Hall–Kier alpha value is -4.81. The van der Waals surface area contributed by atoms with Crippen molar-refractivity contribution in [1.82, 2.24) is 30.8 Å². The van der Waals surface area contributed by atoms with Gasteiger partial charge in [-0.3, -0.25) is 14.4 Å². The number of hydrogen-bond donors (Lipinski definition) is 7. The molecule has 17 heteroatoms. The molecular formula is C40H46ClN9O5S2. The van der Waals surface area contributed by atoms with Gasteiger partial charge in [-0.25, -0.2) is 18.5 Å². The number of likely N-dealkylation sites (N-methyl/N-ethyl adjacent to an activating group) is 1. The molecule has 0 saturated heterocycles. The van der Waals surface area contributed by atoms with E-state index in [1.54, 1.807) is 30.5 Å². The monoisotopic (exact) mass is 831 g/mol. The summed E-state index contributed by atoms with van der Waals surface area (Å²) in [5, 5.41) is 16.5. The first-order chi connectivity index (χ1) is 27.3. The summed E-state index contributed by atoms with van der Waals surface area (Å²) in [6, 6.07) is 18.3. The Balaban J connectivity index is 1.46. The number of amides is 3. The number of pyridine rings is 1. The molecule has 0 unspecified atom stereocenters. The first-order valence-corrected chi connectivity index (χ1v) is 21.1. The first-order valence-electron chi connectivity index (χ1n) is 18.4. The van der Waals surface area contributed by atoms with Crippen LogP contribution < -0.4 is 32.6 Å². The van der Waals surface area contributed by atoms with Crippen LogP contribution in [0.1, 0.15) is 35.2 Å². The van der Waals surface area contributed by atoms with Gasteiger partial charge in [-0.05, 0) is 90.5 Å². The topological polar surface area (TPSA) is 231 Å². The number of aromatic nitrogens is 2. The molecule has 0 aliphatic carbocycles. The maximum absolute atomic E-state index is 14.5. The van der Waals surface area contributed by atoms with E-state index in [4.69, 9.17) is 28.2 Å². The summed E-state index contributed by atoms with van der Waals surface area (Å²) in [6.07, 6.45) is 2.76. The predicted molar refractivity (Wildman–Crippen MR) is 222 cm³/mol. The van der Waals surface area contributed by atoms with E-state index < -0.39 is 45.9 Å². The number of rotatable bonds is 8. The molecule has 3 amide bonds. The molecule has 3 heterocycles. The number of hydrogen-bond acceptors (Lipinski definition) is 10. The molecule has 0 fully saturated rings. The quantitative estimate of drug-likeness (QED) is 0.121. The lowest BCUT2D eigenvalue weighted by atomic mass is 9.99. The van der Waals surface area contributed by atoms with Gasteiger partial charge >= 0.3 is 0 Å². The van der Waals surface area contributed by atoms with E-state index in [0.29, 0.717) is 51.0 Å². The fourth-order valence-electron chi connectivity index (χ4n) is 6.92. The molecule has 5 aromatic rings. The molecule has 10 N–H and O–H groups in total. The highest BCUT2D eigenvalue weighted by Crippen LogP contribution is 2.40. The van der Waals surface area contributed by atoms with Crippen molar-refractivity contribution in [3.8, 4) is 11.1 Å². The molecule has 14 nitrogen and oxygen atoms in total. The normalized spacial score (nSPS) is 18.7. The summed E-state index contributed by atoms with van der Waals surface area (Å²) in [4.78, 5) is 52.6. The van der Waals surface area contributed by atoms with Gasteiger partial charge in [0, 0.05) is 60.8 Å². The number of nitrogens with zero attached hydrogens (tertiary/aromatic N) is 2. The second-order valence-electron chi connectivity index (χ2n) is 13.9. The fraction of sp³-hybridized carbons (Fsp3) is 0.300. The van der Waals surface area contributed by atoms with E-state index in [1.165, 1.54) is 35.8 Å². The third-order valence-corrected chi connectivity index (χ3v) is 12.7. The highest BCUT2D eigenvalue weighted by molar-refractivity contribution is 7.99. The van der Waals surface area contributed by atoms with Crippen LogP contribution in [0.4, 0.5) is 0 Å². The molecule has 0 saturated carbocycles. The van der Waals surface area contributed by atoms with Crippen LogP contribution in [0, 0.1) is 6.92 Å². The number of aromatic amines is 1. The van der Waals surface area contributed by atoms with Crippen molar-refractivity contribution in [2.75, 3.05) is 20.1 Å². The molecule has 0 spiro atoms. The lowest BCUT2D eigenvalue weighted by Gasteiger charge is -2.31. The predicted octanol–water partition coefficient (Wildman–Crippen LogP) is 3.33. The second-order valence-corrected chi connectivity index (χ2v) is 16.9. The minimum Gasteiger partial charge on any atom is -0.358 e. The van der Waals surface area contributed by atoms with Crippen molar-refractivity contribution in [3.05, 3.63) is 106 Å². The lowest BCUT2D eigenvalue weighted by Crippen LogP contribution is -2.59. The maximum atomic E-state index is 14.5. The summed E-state index contributed by atoms with van der Waals surface area (Å²) in [7, 11) is -2.37. The third kappa shape index (κ3) is 9.67. The van der Waals surface area contributed by atoms with Crippen LogP contribution in [0.5, 0.6) is 0 Å². The SMILES string of the molecule is Cc1[nH]c2ccccc2c1C[C@H]1C(=O)NCc2cc(-c3ccc(S(N)(=O)=O)cc3)cc(Cl)c2Sc2ncccc2CN[C@@H](CCCN)C(=O)N[C@@H](CN)C(=O)N1C. The maximum Gasteiger partial charge on any atom is 0.246 e. The Kier molecular flexibility index (Phi) is 13.3. The molecule has 0 bridgehead atoms. The molecular weight excluding hydrogens is 786 g/mol. The second kappa shape index (κ2) is 18.2. The molecule has 2 aromatic heterocycles. The minimum absolute atomic E-state index is 0.00796. The Morgan fingerprint density at radius 3 is 2.40 bits per heavy atom. The standard InChI is InChI=1S/C40H46ClN9O5S2/c1-23-30(29-8-3-4-9-32(29)48-23)19-35-38(52)47-22-27-17-26(24-11-13-28(14-12-24)57(44,54)55)18-31(41)36(27)56-39-25(7-6-16-45-39)21-46-33(10-5-15-42)37(51)49-34(20-43)40(53)50(35)2/h3-4,6-9,11-14,16-18,33-35,46,48H,5,10,15,19-22,42-43H2,1-2H3,(H,47,52)(H,49,51)(H2,44,54,55)/t33-,34-,35-/m0/s1. The zero-order valence-electron chi connectivity index (χ0n) is 31.5. The van der Waals surface area contributed by atoms with Gasteiger partial charge < -0.3 is 37.3 Å². The Labute approximate surface area is 340 Å². The van der Waals surface area contributed by atoms with Gasteiger partial charge in [0.2, 0.25) is 27.7 Å². The largest absolute Gasteiger partial charge is 0.358 e. The number of nitrogens with two attached hydrogens (primary N) is 3. The van der Waals surface area contributed by atoms with Crippen molar-refractivity contribution in [3.63, 3.8) is 0 Å². The number of nitrogens with one attached hydrogen (secondary N) is 4. The first kappa shape index (κ1) is 41.8. The van der Waals surface area contributed by atoms with Crippen LogP contribution >= 0.6 is 23.4 Å². The molecule has 3 atom stereocenters. The Bertz CT molecular complexity index is 2390. The van der Waals surface area contributed by atoms with Crippen molar-refractivity contribution in [1.29, 1.82) is 0 Å². The number of sulfonamides is 1. The average Bonchev–Trinajstić information content (AvgIpc) is 3.52. The average molecular weight is 832 g/mol. The molecule has 3 aromatic carbocycles. The number of carbonyl (C=O) groups is 3. The van der Waals surface area contributed by atoms with Gasteiger partial charge in [0.15, 0.2) is 0 Å². The van der Waals surface area contributed by atoms with Crippen LogP contribution in [-0.4, -0.2) is 79.3 Å². The van der Waals surface area contributed by atoms with Crippen LogP contribution in [0.3, 0.4) is 0 Å². The van der Waals surface area contributed by atoms with E-state index >= 15 is 0 Å². The van der Waals surface area contributed by atoms with E-state index in [2.05, 4.69) is 25.9 Å². The van der Waals surface area contributed by atoms with Crippen LogP contribution in [0.2, 0.25) is 5.02 Å². The number of halogens is 1. The lowest BCUT2D eigenvalue weighted by molar-refractivity contribution is -0.141. The number of benzene rings is 3. The third-order valence-electron chi connectivity index (χ3n) is 10.1. The van der Waals surface area contributed by atoms with E-state index in [9.17, 15) is 22.8 Å². The number of primary sulfonamides is 1. The highest BCUT2D eigenvalue weighted by atomic mass is 35.5. The van der Waals surface area contributed by atoms with Crippen molar-refractivity contribution >= 4 is 62.0 Å². The van der Waals surface area contributed by atoms with Gasteiger partial charge in [0.1, 0.15) is 17.1 Å². The van der Waals surface area contributed by atoms with Gasteiger partial charge in [-0.2, -0.15) is 0 Å². The molecule has 300 valence electrons. The summed E-state index contributed by atoms with van der Waals surface area (Å²) >= 11 is 8.38. The van der Waals surface area contributed by atoms with Crippen LogP contribution in [0.25, 0.3) is 22.0 Å². The number of aryl methyl sites for hydroxylation is 1. The molecule has 1 aliphatic heterocycles. The fourth-order valence-corrected chi connectivity index (χ4v) is 8.78. The van der Waals surface area contributed by atoms with Crippen molar-refractivity contribution in [2.45, 2.75) is 72.2 Å². The van der Waals surface area contributed by atoms with Gasteiger partial charge in [-0.1, -0.05) is 59.8 Å². The minimum atomic E-state index is -3.91. The zero-order valence-corrected chi connectivity index (χ0v) is 33.9. The Morgan fingerprint density at radius 2 is 1.68 bits per heavy atom. The molecule has 0 radical (unpaired) electrons. The highest BCUT2D eigenvalue weighted by Gasteiger charge is 2.34. The van der Waals surface area contributed by atoms with Crippen LogP contribution in [0.15, 0.2) is 93.8 Å². The van der Waals surface area contributed by atoms with E-state index in [0.717, 1.165) is 27.7 Å². The summed E-state index contributed by atoms with van der Waals surface area (Å²) in [5.41, 5.74) is 17.4. The number of para-hydroxylation sites is 1. The number of fused-ring (bicyclic) bond motifs is 3. The van der Waals surface area contributed by atoms with Gasteiger partial charge in [0.25, 0.3) is 0 Å². The van der Waals surface area contributed by atoms with Crippen molar-refractivity contribution < 1.29 is 22.8 Å². The summed E-state index contributed by atoms with van der Waals surface area (Å²) in [6.45, 7) is 2.34. The Morgan fingerprint density at radius 1 is 0.930 bits per heavy atom. The number of carbonyl (C=O) groups excluding carboxylic acids is 3. The molecule has 57 heavy (non-hydrogen) atoms. The molecule has 1 aliphatic rings. The smallest absolute Gasteiger partial charge is 0.246 e. The van der Waals surface area contributed by atoms with Crippen LogP contribution in [-0.2, 0) is 43.9 Å². The van der Waals surface area contributed by atoms with E-state index in [1.807, 2.05) is 43.3 Å². The van der Waals surface area contributed by atoms with E-state index in [-0.39, 0.29) is 31.0 Å². The summed E-state index contributed by atoms with van der Waals surface area (Å²) in [5.74, 6) is -1.39. The molecule has 6 rings (SSSR count). The summed E-state index contributed by atoms with van der Waals surface area (Å²) < 4.78 is 23.9. The van der Waals surface area contributed by atoms with Crippen molar-refractivity contribution in [2.24, 2.45) is 16.6 Å². The van der Waals surface area contributed by atoms with Gasteiger partial charge in [-0.15, -0.1) is 0 Å².